The summed E-state index contributed by atoms with van der Waals surface area (Å²) >= 11 is 0. The Labute approximate surface area is 169 Å². The Bertz CT molecular complexity index is 1170. The molecule has 3 rings (SSSR count). The zero-order valence-electron chi connectivity index (χ0n) is 16.4. The zero-order chi connectivity index (χ0) is 21.0. The highest BCUT2D eigenvalue weighted by atomic mass is 32.2. The molecule has 0 spiro atoms. The lowest BCUT2D eigenvalue weighted by Crippen LogP contribution is -2.34. The van der Waals surface area contributed by atoms with Crippen molar-refractivity contribution in [1.29, 1.82) is 0 Å². The van der Waals surface area contributed by atoms with Gasteiger partial charge in [0.15, 0.2) is 0 Å². The van der Waals surface area contributed by atoms with Crippen molar-refractivity contribution in [3.63, 3.8) is 0 Å². The van der Waals surface area contributed by atoms with E-state index in [9.17, 15) is 18.3 Å². The van der Waals surface area contributed by atoms with Crippen LogP contribution in [0.2, 0.25) is 0 Å². The highest BCUT2D eigenvalue weighted by Gasteiger charge is 2.26. The van der Waals surface area contributed by atoms with Gasteiger partial charge in [-0.15, -0.1) is 0 Å². The van der Waals surface area contributed by atoms with Gasteiger partial charge in [-0.2, -0.15) is 4.31 Å². The van der Waals surface area contributed by atoms with Gasteiger partial charge in [0, 0.05) is 31.3 Å². The largest absolute Gasteiger partial charge is 0.497 e. The van der Waals surface area contributed by atoms with E-state index in [1.165, 1.54) is 23.5 Å². The first-order valence-corrected chi connectivity index (χ1v) is 10.7. The van der Waals surface area contributed by atoms with Gasteiger partial charge >= 0.3 is 0 Å². The molecule has 29 heavy (non-hydrogen) atoms. The fourth-order valence-corrected chi connectivity index (χ4v) is 4.67. The number of aromatic amines is 1. The molecule has 0 aliphatic heterocycles. The van der Waals surface area contributed by atoms with E-state index in [2.05, 4.69) is 4.98 Å². The highest BCUT2D eigenvalue weighted by molar-refractivity contribution is 7.89. The molecule has 1 aromatic heterocycles. The Hall–Kier alpha value is -2.68. The van der Waals surface area contributed by atoms with Gasteiger partial charge < -0.3 is 14.8 Å². The standard InChI is InChI=1S/C21H24N2O5S/c1-15-6-3-7-16-12-17(21(25)22-20(15)16)14-23(10-5-11-24)29(26,27)19-9-4-8-18(13-19)28-2/h3-4,6-9,12-13,24H,5,10-11,14H2,1-2H3,(H,22,25). The number of rotatable bonds is 8. The van der Waals surface area contributed by atoms with Crippen LogP contribution >= 0.6 is 0 Å². The first-order chi connectivity index (χ1) is 13.9. The number of methoxy groups -OCH3 is 1. The number of nitrogens with one attached hydrogen (secondary N) is 1. The van der Waals surface area contributed by atoms with E-state index in [0.717, 1.165) is 16.5 Å². The lowest BCUT2D eigenvalue weighted by atomic mass is 10.1. The molecule has 8 heteroatoms. The molecule has 0 bridgehead atoms. The molecule has 2 aromatic carbocycles. The molecular formula is C21H24N2O5S. The third-order valence-corrected chi connectivity index (χ3v) is 6.60. The summed E-state index contributed by atoms with van der Waals surface area (Å²) in [6.07, 6.45) is 0.258. The summed E-state index contributed by atoms with van der Waals surface area (Å²) in [5, 5.41) is 10.1. The summed E-state index contributed by atoms with van der Waals surface area (Å²) in [6.45, 7) is 1.73. The van der Waals surface area contributed by atoms with Crippen molar-refractivity contribution in [3.05, 3.63) is 70.0 Å². The van der Waals surface area contributed by atoms with Crippen LogP contribution in [0.3, 0.4) is 0 Å². The third-order valence-electron chi connectivity index (χ3n) is 4.76. The molecular weight excluding hydrogens is 392 g/mol. The summed E-state index contributed by atoms with van der Waals surface area (Å²) in [4.78, 5) is 15.5. The molecule has 0 saturated carbocycles. The molecule has 0 aliphatic carbocycles. The molecule has 0 saturated heterocycles. The Kier molecular flexibility index (Phi) is 6.36. The number of hydrogen-bond donors (Lipinski definition) is 2. The van der Waals surface area contributed by atoms with Crippen LogP contribution in [-0.4, -0.2) is 43.1 Å². The second-order valence-electron chi connectivity index (χ2n) is 6.76. The first kappa shape index (κ1) is 21.0. The van der Waals surface area contributed by atoms with Crippen LogP contribution in [0.25, 0.3) is 10.9 Å². The number of para-hydroxylation sites is 1. The van der Waals surface area contributed by atoms with Crippen molar-refractivity contribution >= 4 is 20.9 Å². The van der Waals surface area contributed by atoms with Gasteiger partial charge in [0.2, 0.25) is 10.0 Å². The summed E-state index contributed by atoms with van der Waals surface area (Å²) < 4.78 is 32.8. The lowest BCUT2D eigenvalue weighted by Gasteiger charge is -2.22. The maximum atomic E-state index is 13.2. The van der Waals surface area contributed by atoms with E-state index in [1.807, 2.05) is 25.1 Å². The third kappa shape index (κ3) is 4.50. The minimum atomic E-state index is -3.89. The quantitative estimate of drug-likeness (QED) is 0.587. The van der Waals surface area contributed by atoms with Gasteiger partial charge in [0.05, 0.1) is 17.5 Å². The average molecular weight is 416 g/mol. The number of H-pyrrole nitrogens is 1. The smallest absolute Gasteiger partial charge is 0.252 e. The van der Waals surface area contributed by atoms with E-state index in [-0.39, 0.29) is 36.6 Å². The van der Waals surface area contributed by atoms with Crippen molar-refractivity contribution in [2.24, 2.45) is 0 Å². The number of sulfonamides is 1. The highest BCUT2D eigenvalue weighted by Crippen LogP contribution is 2.23. The van der Waals surface area contributed by atoms with E-state index in [0.29, 0.717) is 11.3 Å². The summed E-state index contributed by atoms with van der Waals surface area (Å²) in [5.74, 6) is 0.423. The minimum Gasteiger partial charge on any atom is -0.497 e. The number of nitrogens with zero attached hydrogens (tertiary/aromatic N) is 1. The number of aliphatic hydroxyl groups excluding tert-OH is 1. The Morgan fingerprint density at radius 3 is 2.62 bits per heavy atom. The van der Waals surface area contributed by atoms with Crippen LogP contribution in [0.5, 0.6) is 5.75 Å². The molecule has 154 valence electrons. The van der Waals surface area contributed by atoms with Crippen LogP contribution in [0, 0.1) is 6.92 Å². The fourth-order valence-electron chi connectivity index (χ4n) is 3.18. The minimum absolute atomic E-state index is 0.0721. The second kappa shape index (κ2) is 8.77. The molecule has 0 atom stereocenters. The Morgan fingerprint density at radius 2 is 1.90 bits per heavy atom. The molecule has 0 radical (unpaired) electrons. The van der Waals surface area contributed by atoms with E-state index >= 15 is 0 Å². The summed E-state index contributed by atoms with van der Waals surface area (Å²) in [6, 6.07) is 13.6. The Morgan fingerprint density at radius 1 is 1.14 bits per heavy atom. The topological polar surface area (TPSA) is 99.7 Å². The number of aryl methyl sites for hydroxylation is 1. The number of pyridine rings is 1. The van der Waals surface area contributed by atoms with E-state index in [1.54, 1.807) is 18.2 Å². The molecule has 0 unspecified atom stereocenters. The Balaban J connectivity index is 2.02. The number of aromatic nitrogens is 1. The maximum absolute atomic E-state index is 13.2. The second-order valence-corrected chi connectivity index (χ2v) is 8.70. The van der Waals surface area contributed by atoms with Gasteiger partial charge in [0.25, 0.3) is 5.56 Å². The molecule has 0 aliphatic rings. The van der Waals surface area contributed by atoms with Crippen LogP contribution < -0.4 is 10.3 Å². The van der Waals surface area contributed by atoms with Crippen LogP contribution in [0.15, 0.2) is 58.2 Å². The average Bonchev–Trinajstić information content (AvgIpc) is 2.72. The van der Waals surface area contributed by atoms with Gasteiger partial charge in [-0.05, 0) is 42.5 Å². The molecule has 0 fully saturated rings. The maximum Gasteiger partial charge on any atom is 0.252 e. The van der Waals surface area contributed by atoms with Crippen molar-refractivity contribution in [2.75, 3.05) is 20.3 Å². The number of hydrogen-bond acceptors (Lipinski definition) is 5. The van der Waals surface area contributed by atoms with Crippen molar-refractivity contribution in [1.82, 2.24) is 9.29 Å². The predicted molar refractivity (Wildman–Crippen MR) is 112 cm³/mol. The fraction of sp³-hybridized carbons (Fsp3) is 0.286. The molecule has 7 nitrogen and oxygen atoms in total. The SMILES string of the molecule is COc1cccc(S(=O)(=O)N(CCCO)Cc2cc3cccc(C)c3[nH]c2=O)c1. The first-order valence-electron chi connectivity index (χ1n) is 9.23. The summed E-state index contributed by atoms with van der Waals surface area (Å²) in [5.41, 5.74) is 1.68. The molecule has 0 amide bonds. The van der Waals surface area contributed by atoms with Crippen LogP contribution in [-0.2, 0) is 16.6 Å². The van der Waals surface area contributed by atoms with Crippen LogP contribution in [0.1, 0.15) is 17.5 Å². The summed E-state index contributed by atoms with van der Waals surface area (Å²) in [7, 11) is -2.43. The number of aliphatic hydroxyl groups is 1. The monoisotopic (exact) mass is 416 g/mol. The van der Waals surface area contributed by atoms with E-state index in [4.69, 9.17) is 4.74 Å². The molecule has 3 aromatic rings. The van der Waals surface area contributed by atoms with Crippen LogP contribution in [0.4, 0.5) is 0 Å². The van der Waals surface area contributed by atoms with Crippen molar-refractivity contribution in [2.45, 2.75) is 24.8 Å². The van der Waals surface area contributed by atoms with Gasteiger partial charge in [0.1, 0.15) is 5.75 Å². The van der Waals surface area contributed by atoms with E-state index < -0.39 is 10.0 Å². The normalized spacial score (nSPS) is 11.9. The molecule has 1 heterocycles. The lowest BCUT2D eigenvalue weighted by molar-refractivity contribution is 0.267. The van der Waals surface area contributed by atoms with Gasteiger partial charge in [-0.1, -0.05) is 24.3 Å². The number of fused-ring (bicyclic) bond motifs is 1. The van der Waals surface area contributed by atoms with Crippen molar-refractivity contribution < 1.29 is 18.3 Å². The van der Waals surface area contributed by atoms with Gasteiger partial charge in [-0.25, -0.2) is 8.42 Å². The number of benzene rings is 2. The van der Waals surface area contributed by atoms with Crippen molar-refractivity contribution in [3.8, 4) is 5.75 Å². The molecule has 2 N–H and O–H groups in total. The predicted octanol–water partition coefficient (Wildman–Crippen LogP) is 2.42. The zero-order valence-corrected chi connectivity index (χ0v) is 17.2. The van der Waals surface area contributed by atoms with Gasteiger partial charge in [-0.3, -0.25) is 4.79 Å². The number of ether oxygens (including phenoxy) is 1.